The molecule has 1 amide bonds. The van der Waals surface area contributed by atoms with Gasteiger partial charge < -0.3 is 10.1 Å². The molecule has 8 heteroatoms. The molecule has 1 N–H and O–H groups in total. The summed E-state index contributed by atoms with van der Waals surface area (Å²) in [5.74, 6) is -0.260. The summed E-state index contributed by atoms with van der Waals surface area (Å²) in [6.07, 6.45) is 0.722. The van der Waals surface area contributed by atoms with Crippen molar-refractivity contribution in [3.63, 3.8) is 0 Å². The highest BCUT2D eigenvalue weighted by Gasteiger charge is 2.18. The van der Waals surface area contributed by atoms with E-state index in [4.69, 9.17) is 4.74 Å². The Kier molecular flexibility index (Phi) is 6.43. The van der Waals surface area contributed by atoms with Crippen molar-refractivity contribution in [1.29, 1.82) is 0 Å². The lowest BCUT2D eigenvalue weighted by atomic mass is 10.2. The first kappa shape index (κ1) is 20.7. The Morgan fingerprint density at radius 3 is 2.55 bits per heavy atom. The van der Waals surface area contributed by atoms with Gasteiger partial charge in [-0.15, -0.1) is 0 Å². The van der Waals surface area contributed by atoms with E-state index in [0.717, 1.165) is 28.8 Å². The van der Waals surface area contributed by atoms with E-state index in [1.807, 2.05) is 52.0 Å². The number of hydrogen-bond acceptors (Lipinski definition) is 5. The van der Waals surface area contributed by atoms with Crippen molar-refractivity contribution in [1.82, 2.24) is 24.9 Å². The second-order valence-corrected chi connectivity index (χ2v) is 7.01. The smallest absolute Gasteiger partial charge is 0.295 e. The monoisotopic (exact) mass is 397 g/mol. The van der Waals surface area contributed by atoms with Crippen molar-refractivity contribution in [2.75, 3.05) is 19.8 Å². The Hall–Kier alpha value is -3.00. The van der Waals surface area contributed by atoms with Crippen LogP contribution >= 0.6 is 0 Å². The Bertz CT molecular complexity index is 1070. The third-order valence-electron chi connectivity index (χ3n) is 4.75. The van der Waals surface area contributed by atoms with Gasteiger partial charge >= 0.3 is 0 Å². The molecule has 0 aliphatic carbocycles. The molecule has 3 aromatic rings. The van der Waals surface area contributed by atoms with Crippen LogP contribution in [0.3, 0.4) is 0 Å². The average Bonchev–Trinajstić information content (AvgIpc) is 3.04. The largest absolute Gasteiger partial charge is 0.382 e. The first-order valence-electron chi connectivity index (χ1n) is 9.81. The Morgan fingerprint density at radius 2 is 1.86 bits per heavy atom. The van der Waals surface area contributed by atoms with E-state index >= 15 is 0 Å². The fraction of sp³-hybridized carbons (Fsp3) is 0.429. The van der Waals surface area contributed by atoms with Crippen molar-refractivity contribution in [3.8, 4) is 5.69 Å². The third kappa shape index (κ3) is 4.54. The van der Waals surface area contributed by atoms with E-state index in [0.29, 0.717) is 31.0 Å². The Morgan fingerprint density at radius 1 is 1.14 bits per heavy atom. The molecule has 29 heavy (non-hydrogen) atoms. The van der Waals surface area contributed by atoms with Crippen LogP contribution in [0.2, 0.25) is 0 Å². The number of nitrogens with zero attached hydrogens (tertiary/aromatic N) is 4. The van der Waals surface area contributed by atoms with Crippen LogP contribution in [0, 0.1) is 20.8 Å². The van der Waals surface area contributed by atoms with E-state index in [1.165, 1.54) is 4.68 Å². The quantitative estimate of drug-likeness (QED) is 0.588. The maximum absolute atomic E-state index is 12.9. The van der Waals surface area contributed by atoms with Crippen LogP contribution in [0.5, 0.6) is 0 Å². The summed E-state index contributed by atoms with van der Waals surface area (Å²) < 4.78 is 8.17. The predicted octanol–water partition coefficient (Wildman–Crippen LogP) is 2.05. The molecule has 0 fully saturated rings. The lowest BCUT2D eigenvalue weighted by molar-refractivity contribution is -0.121. The minimum atomic E-state index is -0.371. The first-order valence-corrected chi connectivity index (χ1v) is 9.81. The molecule has 0 spiro atoms. The number of nitrogens with one attached hydrogen (secondary N) is 1. The number of hydrogen-bond donors (Lipinski definition) is 1. The number of fused-ring (bicyclic) bond motifs is 1. The SMILES string of the molecule is CCOCCCNC(=O)Cn1nc(C)c2c(C)n(-c3ccc(C)cc3)nc2c1=O. The van der Waals surface area contributed by atoms with Crippen LogP contribution in [0.1, 0.15) is 30.3 Å². The van der Waals surface area contributed by atoms with Crippen LogP contribution in [-0.2, 0) is 16.1 Å². The second kappa shape index (κ2) is 9.00. The van der Waals surface area contributed by atoms with Crippen LogP contribution < -0.4 is 10.9 Å². The van der Waals surface area contributed by atoms with Crippen molar-refractivity contribution >= 4 is 16.8 Å². The summed E-state index contributed by atoms with van der Waals surface area (Å²) in [5.41, 5.74) is 3.49. The zero-order valence-electron chi connectivity index (χ0n) is 17.4. The topological polar surface area (TPSA) is 91.0 Å². The minimum Gasteiger partial charge on any atom is -0.382 e. The van der Waals surface area contributed by atoms with Gasteiger partial charge in [0.2, 0.25) is 5.91 Å². The third-order valence-corrected chi connectivity index (χ3v) is 4.75. The van der Waals surface area contributed by atoms with Gasteiger partial charge in [0.1, 0.15) is 6.54 Å². The Labute approximate surface area is 169 Å². The fourth-order valence-electron chi connectivity index (χ4n) is 3.27. The van der Waals surface area contributed by atoms with E-state index < -0.39 is 0 Å². The highest BCUT2D eigenvalue weighted by molar-refractivity contribution is 5.83. The number of aryl methyl sites for hydroxylation is 3. The normalized spacial score (nSPS) is 11.2. The van der Waals surface area contributed by atoms with Gasteiger partial charge in [-0.05, 0) is 46.2 Å². The molecule has 2 heterocycles. The molecule has 3 rings (SSSR count). The summed E-state index contributed by atoms with van der Waals surface area (Å²) in [4.78, 5) is 25.1. The van der Waals surface area contributed by atoms with Gasteiger partial charge in [0.15, 0.2) is 5.52 Å². The number of amides is 1. The maximum Gasteiger partial charge on any atom is 0.295 e. The van der Waals surface area contributed by atoms with E-state index in [2.05, 4.69) is 15.5 Å². The molecule has 1 aromatic carbocycles. The first-order chi connectivity index (χ1) is 13.9. The summed E-state index contributed by atoms with van der Waals surface area (Å²) >= 11 is 0. The maximum atomic E-state index is 12.9. The summed E-state index contributed by atoms with van der Waals surface area (Å²) in [7, 11) is 0. The van der Waals surface area contributed by atoms with Gasteiger partial charge in [0, 0.05) is 19.8 Å². The van der Waals surface area contributed by atoms with Gasteiger partial charge in [-0.2, -0.15) is 10.2 Å². The van der Waals surface area contributed by atoms with E-state index in [-0.39, 0.29) is 18.0 Å². The van der Waals surface area contributed by atoms with Crippen molar-refractivity contribution < 1.29 is 9.53 Å². The van der Waals surface area contributed by atoms with Gasteiger partial charge in [-0.1, -0.05) is 17.7 Å². The summed E-state index contributed by atoms with van der Waals surface area (Å²) in [6, 6.07) is 7.93. The molecule has 0 saturated carbocycles. The molecule has 2 aromatic heterocycles. The molecule has 0 radical (unpaired) electrons. The number of ether oxygens (including phenoxy) is 1. The average molecular weight is 397 g/mol. The Balaban J connectivity index is 1.86. The van der Waals surface area contributed by atoms with Crippen LogP contribution in [0.15, 0.2) is 29.1 Å². The molecular formula is C21H27N5O3. The number of rotatable bonds is 8. The minimum absolute atomic E-state index is 0.138. The number of carbonyl (C=O) groups excluding carboxylic acids is 1. The second-order valence-electron chi connectivity index (χ2n) is 7.01. The zero-order chi connectivity index (χ0) is 21.0. The standard InChI is InChI=1S/C21H27N5O3/c1-5-29-12-6-11-22-18(27)13-25-21(28)20-19(15(3)23-25)16(4)26(24-20)17-9-7-14(2)8-10-17/h7-10H,5-6,11-13H2,1-4H3,(H,22,27). The summed E-state index contributed by atoms with van der Waals surface area (Å²) in [6.45, 7) is 9.29. The lowest BCUT2D eigenvalue weighted by Crippen LogP contribution is -2.34. The van der Waals surface area contributed by atoms with Crippen LogP contribution in [0.4, 0.5) is 0 Å². The molecule has 154 valence electrons. The lowest BCUT2D eigenvalue weighted by Gasteiger charge is -2.08. The van der Waals surface area contributed by atoms with E-state index in [1.54, 1.807) is 4.68 Å². The van der Waals surface area contributed by atoms with E-state index in [9.17, 15) is 9.59 Å². The highest BCUT2D eigenvalue weighted by atomic mass is 16.5. The molecule has 0 aliphatic heterocycles. The highest BCUT2D eigenvalue weighted by Crippen LogP contribution is 2.21. The molecule has 0 atom stereocenters. The van der Waals surface area contributed by atoms with Crippen molar-refractivity contribution in [2.24, 2.45) is 0 Å². The van der Waals surface area contributed by atoms with Gasteiger partial charge in [-0.25, -0.2) is 9.36 Å². The number of aromatic nitrogens is 4. The number of carbonyl (C=O) groups is 1. The molecule has 8 nitrogen and oxygen atoms in total. The zero-order valence-corrected chi connectivity index (χ0v) is 17.4. The van der Waals surface area contributed by atoms with Gasteiger partial charge in [0.25, 0.3) is 5.56 Å². The summed E-state index contributed by atoms with van der Waals surface area (Å²) in [5, 5.41) is 12.4. The van der Waals surface area contributed by atoms with Crippen molar-refractivity contribution in [2.45, 2.75) is 40.7 Å². The fourth-order valence-corrected chi connectivity index (χ4v) is 3.27. The molecule has 0 saturated heterocycles. The van der Waals surface area contributed by atoms with Gasteiger partial charge in [0.05, 0.1) is 22.5 Å². The molecule has 0 unspecified atom stereocenters. The molecule has 0 aliphatic rings. The van der Waals surface area contributed by atoms with Gasteiger partial charge in [-0.3, -0.25) is 9.59 Å². The van der Waals surface area contributed by atoms with Crippen LogP contribution in [-0.4, -0.2) is 45.2 Å². The van der Waals surface area contributed by atoms with Crippen LogP contribution in [0.25, 0.3) is 16.6 Å². The van der Waals surface area contributed by atoms with Crippen molar-refractivity contribution in [3.05, 3.63) is 51.6 Å². The molecular weight excluding hydrogens is 370 g/mol. The predicted molar refractivity (Wildman–Crippen MR) is 111 cm³/mol. The molecule has 0 bridgehead atoms. The number of benzene rings is 1.